The van der Waals surface area contributed by atoms with E-state index >= 15 is 0 Å². The van der Waals surface area contributed by atoms with Gasteiger partial charge in [-0.3, -0.25) is 0 Å². The third-order valence-corrected chi connectivity index (χ3v) is 3.87. The topological polar surface area (TPSA) is 58.0 Å². The summed E-state index contributed by atoms with van der Waals surface area (Å²) in [4.78, 5) is 2.79. The average molecular weight is 209 g/mol. The molecule has 1 saturated carbocycles. The summed E-state index contributed by atoms with van der Waals surface area (Å²) in [6.45, 7) is 2.83. The Balaban J connectivity index is 1.88. The van der Waals surface area contributed by atoms with Crippen LogP contribution in [0.2, 0.25) is 0 Å². The van der Waals surface area contributed by atoms with E-state index in [1.54, 1.807) is 0 Å². The van der Waals surface area contributed by atoms with E-state index in [0.29, 0.717) is 6.54 Å². The van der Waals surface area contributed by atoms with Crippen LogP contribution in [0.15, 0.2) is 5.11 Å². The van der Waals surface area contributed by atoms with Crippen molar-refractivity contribution in [3.63, 3.8) is 0 Å². The van der Waals surface area contributed by atoms with Crippen LogP contribution in [0.3, 0.4) is 0 Å². The summed E-state index contributed by atoms with van der Waals surface area (Å²) in [7, 11) is 0. The summed E-state index contributed by atoms with van der Waals surface area (Å²) in [5, 5.41) is 3.60. The fraction of sp³-hybridized carbons (Fsp3) is 1.00. The van der Waals surface area contributed by atoms with E-state index in [4.69, 9.17) is 10.3 Å². The number of ether oxygens (including phenoxy) is 1. The summed E-state index contributed by atoms with van der Waals surface area (Å²) in [6.07, 6.45) is 7.36. The maximum Gasteiger partial charge on any atom is 0.0687 e. The van der Waals surface area contributed by atoms with Crippen molar-refractivity contribution in [3.05, 3.63) is 10.4 Å². The van der Waals surface area contributed by atoms with E-state index in [9.17, 15) is 0 Å². The van der Waals surface area contributed by atoms with Crippen LogP contribution in [-0.4, -0.2) is 18.2 Å². The quantitative estimate of drug-likeness (QED) is 0.390. The molecule has 0 aromatic heterocycles. The number of azide groups is 1. The summed E-state index contributed by atoms with van der Waals surface area (Å²) in [6, 6.07) is 0. The van der Waals surface area contributed by atoms with Gasteiger partial charge in [0.1, 0.15) is 0 Å². The average Bonchev–Trinajstić information content (AvgIpc) is 2.64. The minimum absolute atomic E-state index is 0.141. The Labute approximate surface area is 90.6 Å². The van der Waals surface area contributed by atoms with Gasteiger partial charge in [0.2, 0.25) is 0 Å². The lowest BCUT2D eigenvalue weighted by Crippen LogP contribution is -2.34. The maximum atomic E-state index is 8.27. The van der Waals surface area contributed by atoms with Crippen molar-refractivity contribution in [3.8, 4) is 0 Å². The summed E-state index contributed by atoms with van der Waals surface area (Å²) in [5.74, 6) is 0.857. The minimum atomic E-state index is 0.141. The lowest BCUT2D eigenvalue weighted by molar-refractivity contribution is -0.0666. The van der Waals surface area contributed by atoms with Crippen molar-refractivity contribution in [1.82, 2.24) is 0 Å². The molecule has 1 aliphatic heterocycles. The van der Waals surface area contributed by atoms with E-state index in [1.165, 1.54) is 25.7 Å². The van der Waals surface area contributed by atoms with Gasteiger partial charge in [-0.2, -0.15) is 0 Å². The minimum Gasteiger partial charge on any atom is -0.372 e. The molecule has 0 amide bonds. The van der Waals surface area contributed by atoms with Crippen molar-refractivity contribution in [2.45, 2.75) is 57.2 Å². The van der Waals surface area contributed by atoms with Gasteiger partial charge in [-0.05, 0) is 50.0 Å². The van der Waals surface area contributed by atoms with Crippen molar-refractivity contribution in [1.29, 1.82) is 0 Å². The lowest BCUT2D eigenvalue weighted by atomic mass is 9.78. The molecule has 1 atom stereocenters. The summed E-state index contributed by atoms with van der Waals surface area (Å²) in [5.41, 5.74) is 8.41. The molecule has 2 aliphatic rings. The second kappa shape index (κ2) is 4.42. The van der Waals surface area contributed by atoms with Crippen molar-refractivity contribution >= 4 is 0 Å². The van der Waals surface area contributed by atoms with Gasteiger partial charge < -0.3 is 4.74 Å². The predicted molar refractivity (Wildman–Crippen MR) is 58.5 cm³/mol. The highest BCUT2D eigenvalue weighted by Gasteiger charge is 2.41. The third kappa shape index (κ3) is 2.44. The normalized spacial score (nSPS) is 40.3. The Kier molecular flexibility index (Phi) is 3.17. The second-order valence-electron chi connectivity index (χ2n) is 5.06. The standard InChI is InChI=1S/C11H19N3O/c1-9-2-5-11(6-3-9)7-4-10(15-11)8-13-14-12/h9-10H,2-8H2,1H3/t9?,10-,11?/m1/s1. The molecule has 1 heterocycles. The van der Waals surface area contributed by atoms with Gasteiger partial charge in [0.05, 0.1) is 18.2 Å². The predicted octanol–water partition coefficient (Wildman–Crippen LogP) is 3.42. The smallest absolute Gasteiger partial charge is 0.0687 e. The van der Waals surface area contributed by atoms with Crippen molar-refractivity contribution in [2.75, 3.05) is 6.54 Å². The van der Waals surface area contributed by atoms with E-state index in [2.05, 4.69) is 16.9 Å². The Morgan fingerprint density at radius 2 is 2.00 bits per heavy atom. The maximum absolute atomic E-state index is 8.27. The molecule has 0 unspecified atom stereocenters. The molecule has 4 heteroatoms. The summed E-state index contributed by atoms with van der Waals surface area (Å²) >= 11 is 0. The van der Waals surface area contributed by atoms with Gasteiger partial charge in [0.25, 0.3) is 0 Å². The highest BCUT2D eigenvalue weighted by atomic mass is 16.5. The second-order valence-corrected chi connectivity index (χ2v) is 5.06. The van der Waals surface area contributed by atoms with E-state index in [-0.39, 0.29) is 11.7 Å². The fourth-order valence-electron chi connectivity index (χ4n) is 2.81. The zero-order valence-corrected chi connectivity index (χ0v) is 9.35. The van der Waals surface area contributed by atoms with Gasteiger partial charge in [-0.1, -0.05) is 12.0 Å². The van der Waals surface area contributed by atoms with Crippen LogP contribution in [0.5, 0.6) is 0 Å². The number of rotatable bonds is 2. The molecule has 0 N–H and O–H groups in total. The van der Waals surface area contributed by atoms with Crippen LogP contribution < -0.4 is 0 Å². The molecule has 0 aromatic carbocycles. The van der Waals surface area contributed by atoms with Crippen LogP contribution in [-0.2, 0) is 4.74 Å². The van der Waals surface area contributed by atoms with Crippen molar-refractivity contribution < 1.29 is 4.74 Å². The van der Waals surface area contributed by atoms with Crippen LogP contribution in [0.4, 0.5) is 0 Å². The van der Waals surface area contributed by atoms with E-state index in [1.807, 2.05) is 0 Å². The number of hydrogen-bond donors (Lipinski definition) is 0. The zero-order valence-electron chi connectivity index (χ0n) is 9.35. The first-order chi connectivity index (χ1) is 7.24. The molecule has 2 fully saturated rings. The van der Waals surface area contributed by atoms with Crippen molar-refractivity contribution in [2.24, 2.45) is 11.0 Å². The Morgan fingerprint density at radius 3 is 2.67 bits per heavy atom. The molecular weight excluding hydrogens is 190 g/mol. The first kappa shape index (κ1) is 10.8. The fourth-order valence-corrected chi connectivity index (χ4v) is 2.81. The number of hydrogen-bond acceptors (Lipinski definition) is 2. The molecule has 1 spiro atoms. The Morgan fingerprint density at radius 1 is 1.33 bits per heavy atom. The zero-order chi connectivity index (χ0) is 10.7. The molecule has 84 valence electrons. The largest absolute Gasteiger partial charge is 0.372 e. The number of nitrogens with zero attached hydrogens (tertiary/aromatic N) is 3. The lowest BCUT2D eigenvalue weighted by Gasteiger charge is -2.36. The van der Waals surface area contributed by atoms with Crippen LogP contribution in [0.25, 0.3) is 10.4 Å². The Bertz CT molecular complexity index is 265. The van der Waals surface area contributed by atoms with Gasteiger partial charge >= 0.3 is 0 Å². The molecular formula is C11H19N3O. The van der Waals surface area contributed by atoms with E-state index in [0.717, 1.165) is 18.8 Å². The molecule has 0 radical (unpaired) electrons. The summed E-state index contributed by atoms with van der Waals surface area (Å²) < 4.78 is 6.08. The van der Waals surface area contributed by atoms with Gasteiger partial charge in [-0.25, -0.2) is 0 Å². The molecule has 2 rings (SSSR count). The molecule has 1 aliphatic carbocycles. The van der Waals surface area contributed by atoms with Gasteiger partial charge in [0, 0.05) is 4.91 Å². The third-order valence-electron chi connectivity index (χ3n) is 3.87. The SMILES string of the molecule is CC1CCC2(CC1)CC[C@H](CN=[N+]=[N-])O2. The van der Waals surface area contributed by atoms with Gasteiger partial charge in [0.15, 0.2) is 0 Å². The van der Waals surface area contributed by atoms with Crippen LogP contribution >= 0.6 is 0 Å². The van der Waals surface area contributed by atoms with Gasteiger partial charge in [-0.15, -0.1) is 0 Å². The first-order valence-corrected chi connectivity index (χ1v) is 5.93. The monoisotopic (exact) mass is 209 g/mol. The highest BCUT2D eigenvalue weighted by Crippen LogP contribution is 2.43. The molecule has 1 saturated heterocycles. The van der Waals surface area contributed by atoms with Crippen LogP contribution in [0, 0.1) is 5.92 Å². The van der Waals surface area contributed by atoms with Crippen LogP contribution in [0.1, 0.15) is 45.4 Å². The molecule has 15 heavy (non-hydrogen) atoms. The first-order valence-electron chi connectivity index (χ1n) is 5.93. The highest BCUT2D eigenvalue weighted by molar-refractivity contribution is 4.92. The Hall–Kier alpha value is -0.730. The van der Waals surface area contributed by atoms with E-state index < -0.39 is 0 Å². The molecule has 0 aromatic rings. The molecule has 4 nitrogen and oxygen atoms in total. The molecule has 0 bridgehead atoms.